The van der Waals surface area contributed by atoms with Gasteiger partial charge in [0.25, 0.3) is 6.29 Å². The second kappa shape index (κ2) is 51.9. The van der Waals surface area contributed by atoms with Crippen molar-refractivity contribution in [3.8, 4) is 0 Å². The number of carboxylic acids is 1. The highest BCUT2D eigenvalue weighted by atomic mass is 16.7. The van der Waals surface area contributed by atoms with Crippen LogP contribution in [0.1, 0.15) is 271 Å². The summed E-state index contributed by atoms with van der Waals surface area (Å²) in [7, 11) is 5.97. The molecule has 0 radical (unpaired) electrons. The first-order valence-corrected chi connectivity index (χ1v) is 29.2. The molecule has 9 heteroatoms. The largest absolute Gasteiger partial charge is 0.477 e. The summed E-state index contributed by atoms with van der Waals surface area (Å²) in [5.41, 5.74) is 0. The van der Waals surface area contributed by atoms with Gasteiger partial charge < -0.3 is 28.5 Å². The number of hydrogen-bond donors (Lipinski definition) is 1. The van der Waals surface area contributed by atoms with Gasteiger partial charge >= 0.3 is 17.9 Å². The summed E-state index contributed by atoms with van der Waals surface area (Å²) in [6, 6.07) is 0. The molecule has 0 aromatic rings. The van der Waals surface area contributed by atoms with Crippen molar-refractivity contribution >= 4 is 17.9 Å². The molecule has 0 bridgehead atoms. The van der Waals surface area contributed by atoms with Crippen LogP contribution < -0.4 is 0 Å². The predicted octanol–water partition coefficient (Wildman–Crippen LogP) is 16.9. The molecule has 0 spiro atoms. The molecule has 0 saturated carbocycles. The average molecular weight is 976 g/mol. The maximum Gasteiger partial charge on any atom is 0.361 e. The summed E-state index contributed by atoms with van der Waals surface area (Å²) >= 11 is 0. The number of likely N-dealkylation sites (N-methyl/N-ethyl adjacent to an activating group) is 1. The summed E-state index contributed by atoms with van der Waals surface area (Å²) in [4.78, 5) is 37.4. The lowest BCUT2D eigenvalue weighted by molar-refractivity contribution is -0.870. The molecule has 0 aliphatic rings. The minimum absolute atomic E-state index is 0.180. The Balaban J connectivity index is 4.24. The Kier molecular flexibility index (Phi) is 50.0. The number of carbonyl (C=O) groups is 3. The number of nitrogens with zero attached hydrogens (tertiary/aromatic N) is 1. The van der Waals surface area contributed by atoms with Crippen LogP contribution in [0.3, 0.4) is 0 Å². The molecule has 2 unspecified atom stereocenters. The van der Waals surface area contributed by atoms with Crippen LogP contribution in [0.2, 0.25) is 0 Å². The minimum atomic E-state index is -1.51. The summed E-state index contributed by atoms with van der Waals surface area (Å²) < 4.78 is 22.9. The zero-order chi connectivity index (χ0) is 50.6. The lowest BCUT2D eigenvalue weighted by atomic mass is 10.0. The van der Waals surface area contributed by atoms with Crippen LogP contribution in [0.5, 0.6) is 0 Å². The third kappa shape index (κ3) is 53.1. The summed E-state index contributed by atoms with van der Waals surface area (Å²) in [6.45, 7) is 4.90. The van der Waals surface area contributed by atoms with Crippen LogP contribution in [0.4, 0.5) is 0 Å². The lowest BCUT2D eigenvalue weighted by Gasteiger charge is -2.25. The average Bonchev–Trinajstić information content (AvgIpc) is 3.31. The quantitative estimate of drug-likeness (QED) is 0.0211. The molecule has 0 amide bonds. The number of allylic oxidation sites excluding steroid dienone is 6. The van der Waals surface area contributed by atoms with Crippen LogP contribution in [0.25, 0.3) is 0 Å². The Labute approximate surface area is 426 Å². The normalized spacial score (nSPS) is 13.0. The fraction of sp³-hybridized carbons (Fsp3) is 0.850. The molecule has 0 aliphatic carbocycles. The number of aliphatic carboxylic acids is 1. The standard InChI is InChI=1S/C60H111NO8/c1-6-8-10-12-14-16-18-20-22-24-26-27-28-29-30-31-33-35-37-39-41-43-45-47-49-51-58(63)69-56(55-68-60(59(64)65)66-53-52-61(3,4)5)54-67-57(62)50-48-46-44-42-40-38-36-34-32-25-23-21-19-17-15-13-11-9-7-2/h18,20,24,26,28-29,56,60H,6-17,19,21-23,25,27,30-55H2,1-5H3/p+1/b20-18-,26-24-,29-28-. The van der Waals surface area contributed by atoms with Crippen molar-refractivity contribution in [3.05, 3.63) is 36.5 Å². The van der Waals surface area contributed by atoms with Crippen molar-refractivity contribution in [2.45, 2.75) is 283 Å². The van der Waals surface area contributed by atoms with Crippen molar-refractivity contribution in [1.82, 2.24) is 0 Å². The molecule has 2 atom stereocenters. The van der Waals surface area contributed by atoms with Gasteiger partial charge in [-0.2, -0.15) is 0 Å². The molecule has 9 nitrogen and oxygen atoms in total. The van der Waals surface area contributed by atoms with Crippen LogP contribution >= 0.6 is 0 Å². The maximum atomic E-state index is 12.9. The SMILES string of the molecule is CCCCCCC/C=C\C/C=C\C/C=C\CCCCCCCCCCCCC(=O)OC(COC(=O)CCCCCCCCCCCCCCCCCCCCC)COC(OCC[N+](C)(C)C)C(=O)O. The van der Waals surface area contributed by atoms with Gasteiger partial charge in [-0.1, -0.05) is 243 Å². The van der Waals surface area contributed by atoms with E-state index >= 15 is 0 Å². The highest BCUT2D eigenvalue weighted by molar-refractivity contribution is 5.71. The molecule has 0 saturated heterocycles. The molecule has 69 heavy (non-hydrogen) atoms. The highest BCUT2D eigenvalue weighted by Crippen LogP contribution is 2.17. The number of ether oxygens (including phenoxy) is 4. The van der Waals surface area contributed by atoms with Crippen molar-refractivity contribution in [1.29, 1.82) is 0 Å². The first kappa shape index (κ1) is 66.5. The Morgan fingerprint density at radius 1 is 0.435 bits per heavy atom. The van der Waals surface area contributed by atoms with Crippen LogP contribution in [-0.4, -0.2) is 87.4 Å². The van der Waals surface area contributed by atoms with Crippen molar-refractivity contribution in [2.24, 2.45) is 0 Å². The second-order valence-electron chi connectivity index (χ2n) is 21.0. The number of esters is 2. The Hall–Kier alpha value is -2.49. The van der Waals surface area contributed by atoms with E-state index in [1.54, 1.807) is 0 Å². The van der Waals surface area contributed by atoms with E-state index in [1.165, 1.54) is 186 Å². The number of rotatable bonds is 54. The van der Waals surface area contributed by atoms with Gasteiger partial charge in [-0.15, -0.1) is 0 Å². The molecule has 0 aromatic carbocycles. The van der Waals surface area contributed by atoms with E-state index in [0.717, 1.165) is 57.8 Å². The van der Waals surface area contributed by atoms with Gasteiger partial charge in [0.15, 0.2) is 6.10 Å². The molecule has 1 N–H and O–H groups in total. The van der Waals surface area contributed by atoms with Crippen LogP contribution in [0, 0.1) is 0 Å². The Bertz CT molecular complexity index is 1230. The molecule has 0 aromatic heterocycles. The highest BCUT2D eigenvalue weighted by Gasteiger charge is 2.25. The molecule has 0 aliphatic heterocycles. The van der Waals surface area contributed by atoms with Crippen LogP contribution in [0.15, 0.2) is 36.5 Å². The maximum absolute atomic E-state index is 12.9. The van der Waals surface area contributed by atoms with E-state index in [2.05, 4.69) is 50.3 Å². The molecular weight excluding hydrogens is 863 g/mol. The van der Waals surface area contributed by atoms with Gasteiger partial charge in [-0.05, 0) is 51.4 Å². The van der Waals surface area contributed by atoms with E-state index in [4.69, 9.17) is 18.9 Å². The van der Waals surface area contributed by atoms with E-state index in [-0.39, 0.29) is 32.2 Å². The van der Waals surface area contributed by atoms with Gasteiger partial charge in [-0.25, -0.2) is 4.79 Å². The van der Waals surface area contributed by atoms with Gasteiger partial charge in [0.1, 0.15) is 13.2 Å². The number of unbranched alkanes of at least 4 members (excludes halogenated alkanes) is 33. The van der Waals surface area contributed by atoms with E-state index in [9.17, 15) is 19.5 Å². The molecule has 404 valence electrons. The zero-order valence-electron chi connectivity index (χ0n) is 46.0. The first-order valence-electron chi connectivity index (χ1n) is 29.2. The van der Waals surface area contributed by atoms with Gasteiger partial charge in [0.2, 0.25) is 0 Å². The monoisotopic (exact) mass is 975 g/mol. The summed E-state index contributed by atoms with van der Waals surface area (Å²) in [5, 5.41) is 9.70. The number of hydrogen-bond acceptors (Lipinski definition) is 7. The topological polar surface area (TPSA) is 108 Å². The molecule has 0 fully saturated rings. The summed E-state index contributed by atoms with van der Waals surface area (Å²) in [6.07, 6.45) is 59.3. The number of carbonyl (C=O) groups excluding carboxylic acids is 2. The molecule has 0 rings (SSSR count). The number of quaternary nitrogens is 1. The Morgan fingerprint density at radius 3 is 1.16 bits per heavy atom. The molecule has 0 heterocycles. The summed E-state index contributed by atoms with van der Waals surface area (Å²) in [5.74, 6) is -1.99. The second-order valence-corrected chi connectivity index (χ2v) is 21.0. The fourth-order valence-corrected chi connectivity index (χ4v) is 8.38. The lowest BCUT2D eigenvalue weighted by Crippen LogP contribution is -2.40. The zero-order valence-corrected chi connectivity index (χ0v) is 46.0. The van der Waals surface area contributed by atoms with Crippen molar-refractivity contribution in [2.75, 3.05) is 47.5 Å². The first-order chi connectivity index (χ1) is 33.6. The smallest absolute Gasteiger partial charge is 0.361 e. The van der Waals surface area contributed by atoms with E-state index < -0.39 is 24.3 Å². The predicted molar refractivity (Wildman–Crippen MR) is 291 cm³/mol. The van der Waals surface area contributed by atoms with E-state index in [0.29, 0.717) is 17.4 Å². The van der Waals surface area contributed by atoms with Crippen molar-refractivity contribution < 1.29 is 42.9 Å². The van der Waals surface area contributed by atoms with Gasteiger partial charge in [-0.3, -0.25) is 9.59 Å². The van der Waals surface area contributed by atoms with Crippen molar-refractivity contribution in [3.63, 3.8) is 0 Å². The third-order valence-electron chi connectivity index (χ3n) is 12.9. The van der Waals surface area contributed by atoms with Gasteiger partial charge in [0, 0.05) is 12.8 Å². The minimum Gasteiger partial charge on any atom is -0.477 e. The van der Waals surface area contributed by atoms with Gasteiger partial charge in [0.05, 0.1) is 34.4 Å². The molecular formula is C60H112NO8+. The van der Waals surface area contributed by atoms with E-state index in [1.807, 2.05) is 21.1 Å². The third-order valence-corrected chi connectivity index (χ3v) is 12.9. The number of carboxylic acid groups (broad SMARTS) is 1. The van der Waals surface area contributed by atoms with Crippen LogP contribution in [-0.2, 0) is 33.3 Å². The Morgan fingerprint density at radius 2 is 0.783 bits per heavy atom. The fourth-order valence-electron chi connectivity index (χ4n) is 8.38.